The van der Waals surface area contributed by atoms with Crippen molar-refractivity contribution in [2.24, 2.45) is 0 Å². The van der Waals surface area contributed by atoms with Crippen LogP contribution in [0.5, 0.6) is 0 Å². The lowest BCUT2D eigenvalue weighted by Gasteiger charge is -2.11. The van der Waals surface area contributed by atoms with Gasteiger partial charge in [-0.2, -0.15) is 14.9 Å². The number of anilines is 2. The van der Waals surface area contributed by atoms with Crippen LogP contribution in [0, 0.1) is 11.3 Å². The lowest BCUT2D eigenvalue weighted by molar-refractivity contribution is -0.118. The second kappa shape index (κ2) is 7.67. The number of benzene rings is 1. The fraction of sp³-hybridized carbons (Fsp3) is 0.174. The summed E-state index contributed by atoms with van der Waals surface area (Å²) in [5.74, 6) is 0.597. The maximum absolute atomic E-state index is 12.8. The van der Waals surface area contributed by atoms with Crippen LogP contribution in [-0.2, 0) is 4.79 Å². The van der Waals surface area contributed by atoms with E-state index in [0.717, 1.165) is 18.4 Å². The number of aromatic nitrogens is 3. The van der Waals surface area contributed by atoms with Crippen molar-refractivity contribution in [1.29, 1.82) is 5.26 Å². The summed E-state index contributed by atoms with van der Waals surface area (Å²) < 4.78 is 1.68. The molecule has 0 spiro atoms. The Bertz CT molecular complexity index is 1360. The molecule has 9 heteroatoms. The zero-order chi connectivity index (χ0) is 22.2. The van der Waals surface area contributed by atoms with Crippen LogP contribution in [0.25, 0.3) is 11.7 Å². The van der Waals surface area contributed by atoms with Gasteiger partial charge in [0.15, 0.2) is 5.65 Å². The maximum Gasteiger partial charge on any atom is 0.256 e. The van der Waals surface area contributed by atoms with Crippen molar-refractivity contribution >= 4 is 35.2 Å². The van der Waals surface area contributed by atoms with Gasteiger partial charge in [0, 0.05) is 28.9 Å². The third-order valence-electron chi connectivity index (χ3n) is 5.28. The highest BCUT2D eigenvalue weighted by Crippen LogP contribution is 2.28. The molecule has 2 aliphatic rings. The van der Waals surface area contributed by atoms with Crippen molar-refractivity contribution in [3.8, 4) is 6.07 Å². The Labute approximate surface area is 183 Å². The van der Waals surface area contributed by atoms with Gasteiger partial charge in [-0.15, -0.1) is 0 Å². The van der Waals surface area contributed by atoms with E-state index in [2.05, 4.69) is 32.6 Å². The summed E-state index contributed by atoms with van der Waals surface area (Å²) in [5, 5.41) is 22.5. The molecule has 2 amide bonds. The standard InChI is InChI=1S/C23H19N7O2/c1-13-16(9-21(31)26-13)8-17-12-25-30-20(27-18-5-6-18)10-19(28-22(17)30)29-23(32)15-4-2-3-14(7-15)11-24/h2-4,7-8,10,12,18,27H,1,5-6,9H2,(H,26,31)(H,28,29,32)/b16-8+. The van der Waals surface area contributed by atoms with Crippen LogP contribution in [0.3, 0.4) is 0 Å². The molecule has 2 aromatic heterocycles. The van der Waals surface area contributed by atoms with E-state index < -0.39 is 0 Å². The monoisotopic (exact) mass is 425 g/mol. The average molecular weight is 425 g/mol. The molecular weight excluding hydrogens is 406 g/mol. The summed E-state index contributed by atoms with van der Waals surface area (Å²) in [4.78, 5) is 29.0. The Morgan fingerprint density at radius 2 is 2.19 bits per heavy atom. The number of carbonyl (C=O) groups excluding carboxylic acids is 2. The van der Waals surface area contributed by atoms with Crippen molar-refractivity contribution in [1.82, 2.24) is 19.9 Å². The van der Waals surface area contributed by atoms with Crippen LogP contribution in [0.2, 0.25) is 0 Å². The Morgan fingerprint density at radius 1 is 1.34 bits per heavy atom. The highest BCUT2D eigenvalue weighted by Gasteiger charge is 2.24. The van der Waals surface area contributed by atoms with Crippen molar-refractivity contribution in [2.75, 3.05) is 10.6 Å². The number of nitriles is 1. The average Bonchev–Trinajstić information content (AvgIpc) is 3.42. The molecule has 3 heterocycles. The quantitative estimate of drug-likeness (QED) is 0.577. The minimum Gasteiger partial charge on any atom is -0.367 e. The molecule has 1 saturated heterocycles. The summed E-state index contributed by atoms with van der Waals surface area (Å²) in [6.45, 7) is 3.88. The molecule has 1 saturated carbocycles. The van der Waals surface area contributed by atoms with E-state index in [1.54, 1.807) is 35.0 Å². The Morgan fingerprint density at radius 3 is 2.91 bits per heavy atom. The molecule has 32 heavy (non-hydrogen) atoms. The van der Waals surface area contributed by atoms with Gasteiger partial charge in [0.25, 0.3) is 5.91 Å². The number of nitrogens with one attached hydrogen (secondary N) is 3. The maximum atomic E-state index is 12.8. The number of rotatable bonds is 5. The fourth-order valence-corrected chi connectivity index (χ4v) is 3.50. The number of carbonyl (C=O) groups is 2. The molecular formula is C23H19N7O2. The summed E-state index contributed by atoms with van der Waals surface area (Å²) in [7, 11) is 0. The third-order valence-corrected chi connectivity index (χ3v) is 5.28. The van der Waals surface area contributed by atoms with Gasteiger partial charge in [0.1, 0.15) is 11.6 Å². The van der Waals surface area contributed by atoms with Crippen LogP contribution in [0.15, 0.2) is 54.4 Å². The van der Waals surface area contributed by atoms with E-state index >= 15 is 0 Å². The highest BCUT2D eigenvalue weighted by atomic mass is 16.2. The van der Waals surface area contributed by atoms with E-state index in [1.165, 1.54) is 6.07 Å². The van der Waals surface area contributed by atoms with Gasteiger partial charge in [-0.1, -0.05) is 12.6 Å². The number of hydrogen-bond donors (Lipinski definition) is 3. The van der Waals surface area contributed by atoms with Crippen LogP contribution in [0.1, 0.15) is 40.7 Å². The third kappa shape index (κ3) is 3.81. The lowest BCUT2D eigenvalue weighted by atomic mass is 10.1. The molecule has 9 nitrogen and oxygen atoms in total. The summed E-state index contributed by atoms with van der Waals surface area (Å²) in [6, 6.07) is 10.6. The Kier molecular flexibility index (Phi) is 4.67. The van der Waals surface area contributed by atoms with E-state index in [-0.39, 0.29) is 18.2 Å². The number of nitrogens with zero attached hydrogens (tertiary/aromatic N) is 4. The van der Waals surface area contributed by atoms with Gasteiger partial charge in [-0.05, 0) is 42.7 Å². The molecule has 0 unspecified atom stereocenters. The minimum atomic E-state index is -0.366. The normalized spacial score (nSPS) is 16.8. The van der Waals surface area contributed by atoms with Crippen LogP contribution in [-0.4, -0.2) is 32.5 Å². The van der Waals surface area contributed by atoms with Gasteiger partial charge in [-0.3, -0.25) is 9.59 Å². The second-order valence-corrected chi connectivity index (χ2v) is 7.80. The van der Waals surface area contributed by atoms with E-state index in [0.29, 0.717) is 45.7 Å². The Hall–Kier alpha value is -4.45. The largest absolute Gasteiger partial charge is 0.367 e. The van der Waals surface area contributed by atoms with Gasteiger partial charge in [0.05, 0.1) is 24.3 Å². The van der Waals surface area contributed by atoms with Crippen molar-refractivity contribution in [3.05, 3.63) is 71.1 Å². The van der Waals surface area contributed by atoms with Crippen molar-refractivity contribution < 1.29 is 9.59 Å². The van der Waals surface area contributed by atoms with E-state index in [4.69, 9.17) is 5.26 Å². The zero-order valence-electron chi connectivity index (χ0n) is 17.1. The van der Waals surface area contributed by atoms with Gasteiger partial charge >= 0.3 is 0 Å². The molecule has 1 aromatic carbocycles. The van der Waals surface area contributed by atoms with Crippen molar-refractivity contribution in [2.45, 2.75) is 25.3 Å². The molecule has 2 fully saturated rings. The second-order valence-electron chi connectivity index (χ2n) is 7.80. The number of fused-ring (bicyclic) bond motifs is 1. The zero-order valence-corrected chi connectivity index (χ0v) is 17.1. The van der Waals surface area contributed by atoms with Gasteiger partial charge < -0.3 is 16.0 Å². The molecule has 0 atom stereocenters. The van der Waals surface area contributed by atoms with Crippen LogP contribution >= 0.6 is 0 Å². The summed E-state index contributed by atoms with van der Waals surface area (Å²) in [6.07, 6.45) is 5.88. The molecule has 3 N–H and O–H groups in total. The first-order chi connectivity index (χ1) is 15.5. The molecule has 158 valence electrons. The van der Waals surface area contributed by atoms with Crippen molar-refractivity contribution in [3.63, 3.8) is 0 Å². The molecule has 0 radical (unpaired) electrons. The summed E-state index contributed by atoms with van der Waals surface area (Å²) >= 11 is 0. The predicted octanol–water partition coefficient (Wildman–Crippen LogP) is 2.84. The topological polar surface area (TPSA) is 124 Å². The SMILES string of the molecule is C=C1NC(=O)C/C1=C\c1cnn2c(NC3CC3)cc(NC(=O)c3cccc(C#N)c3)nc12. The first-order valence-electron chi connectivity index (χ1n) is 10.2. The minimum absolute atomic E-state index is 0.102. The highest BCUT2D eigenvalue weighted by molar-refractivity contribution is 6.04. The fourth-order valence-electron chi connectivity index (χ4n) is 3.50. The number of hydrogen-bond acceptors (Lipinski definition) is 6. The number of amides is 2. The molecule has 1 aliphatic heterocycles. The Balaban J connectivity index is 1.53. The molecule has 3 aromatic rings. The van der Waals surface area contributed by atoms with Gasteiger partial charge in [0.2, 0.25) is 5.91 Å². The molecule has 5 rings (SSSR count). The first kappa shape index (κ1) is 19.5. The molecule has 1 aliphatic carbocycles. The smallest absolute Gasteiger partial charge is 0.256 e. The first-order valence-corrected chi connectivity index (χ1v) is 10.2. The van der Waals surface area contributed by atoms with E-state index in [9.17, 15) is 9.59 Å². The van der Waals surface area contributed by atoms with Gasteiger partial charge in [-0.25, -0.2) is 4.98 Å². The van der Waals surface area contributed by atoms with Crippen LogP contribution in [0.4, 0.5) is 11.6 Å². The lowest BCUT2D eigenvalue weighted by Crippen LogP contribution is -2.15. The molecule has 0 bridgehead atoms. The predicted molar refractivity (Wildman–Crippen MR) is 119 cm³/mol. The van der Waals surface area contributed by atoms with E-state index in [1.807, 2.05) is 12.1 Å². The summed E-state index contributed by atoms with van der Waals surface area (Å²) in [5.41, 5.74) is 3.35. The number of allylic oxidation sites excluding steroid dienone is 1. The van der Waals surface area contributed by atoms with Crippen LogP contribution < -0.4 is 16.0 Å².